The quantitative estimate of drug-likeness (QED) is 0.582. The van der Waals surface area contributed by atoms with Gasteiger partial charge >= 0.3 is 0 Å². The Morgan fingerprint density at radius 1 is 1.23 bits per heavy atom. The zero-order valence-electron chi connectivity index (χ0n) is 17.0. The van der Waals surface area contributed by atoms with Crippen LogP contribution in [0.4, 0.5) is 4.39 Å². The van der Waals surface area contributed by atoms with Crippen LogP contribution < -0.4 is 15.4 Å². The van der Waals surface area contributed by atoms with Crippen LogP contribution in [0.2, 0.25) is 0 Å². The van der Waals surface area contributed by atoms with Crippen LogP contribution in [-0.2, 0) is 21.3 Å². The van der Waals surface area contributed by atoms with E-state index in [-0.39, 0.29) is 16.2 Å². The molecule has 1 fully saturated rings. The molecule has 0 saturated carbocycles. The molecule has 1 aliphatic heterocycles. The summed E-state index contributed by atoms with van der Waals surface area (Å²) in [6.07, 6.45) is 1.02. The molecule has 0 radical (unpaired) electrons. The Kier molecular flexibility index (Phi) is 6.38. The molecule has 1 unspecified atom stereocenters. The van der Waals surface area contributed by atoms with Gasteiger partial charge in [0.2, 0.25) is 6.29 Å². The lowest BCUT2D eigenvalue weighted by Crippen LogP contribution is -2.41. The minimum atomic E-state index is -4.01. The number of hydrogen-bond acceptors (Lipinski definition) is 6. The highest BCUT2D eigenvalue weighted by molar-refractivity contribution is 7.90. The fourth-order valence-electron chi connectivity index (χ4n) is 3.45. The van der Waals surface area contributed by atoms with E-state index in [1.165, 1.54) is 24.4 Å². The predicted octanol–water partition coefficient (Wildman–Crippen LogP) is 2.58. The van der Waals surface area contributed by atoms with Crippen LogP contribution in [0.1, 0.15) is 5.56 Å². The topological polar surface area (TPSA) is 81.6 Å². The Balaban J connectivity index is 1.73. The lowest BCUT2D eigenvalue weighted by atomic mass is 10.1. The van der Waals surface area contributed by atoms with Crippen molar-refractivity contribution in [3.8, 4) is 17.0 Å². The lowest BCUT2D eigenvalue weighted by molar-refractivity contribution is -0.0947. The van der Waals surface area contributed by atoms with Gasteiger partial charge in [-0.2, -0.15) is 0 Å². The van der Waals surface area contributed by atoms with Crippen molar-refractivity contribution >= 4 is 10.0 Å². The summed E-state index contributed by atoms with van der Waals surface area (Å²) < 4.78 is 54.0. The zero-order valence-corrected chi connectivity index (χ0v) is 17.9. The molecule has 2 N–H and O–H groups in total. The number of rotatable bonds is 7. The monoisotopic (exact) mass is 445 g/mol. The van der Waals surface area contributed by atoms with Crippen molar-refractivity contribution in [1.82, 2.24) is 14.6 Å². The molecule has 164 valence electrons. The van der Waals surface area contributed by atoms with E-state index in [2.05, 4.69) is 10.6 Å². The maximum Gasteiger partial charge on any atom is 0.268 e. The second-order valence-corrected chi connectivity index (χ2v) is 8.96. The van der Waals surface area contributed by atoms with E-state index in [0.29, 0.717) is 25.4 Å². The number of nitrogens with one attached hydrogen (secondary N) is 2. The van der Waals surface area contributed by atoms with Crippen LogP contribution in [0.3, 0.4) is 0 Å². The predicted molar refractivity (Wildman–Crippen MR) is 115 cm³/mol. The number of aromatic nitrogens is 1. The van der Waals surface area contributed by atoms with Crippen molar-refractivity contribution in [2.75, 3.05) is 26.7 Å². The second-order valence-electron chi connectivity index (χ2n) is 7.14. The molecular formula is C22H24FN3O4S. The summed E-state index contributed by atoms with van der Waals surface area (Å²) in [7, 11) is -2.25. The number of hydrogen-bond donors (Lipinski definition) is 2. The van der Waals surface area contributed by atoms with Gasteiger partial charge in [-0.15, -0.1) is 0 Å². The van der Waals surface area contributed by atoms with Gasteiger partial charge in [-0.25, -0.2) is 16.8 Å². The van der Waals surface area contributed by atoms with Crippen molar-refractivity contribution in [3.63, 3.8) is 0 Å². The molecule has 1 saturated heterocycles. The maximum atomic E-state index is 14.5. The number of morpholine rings is 1. The Morgan fingerprint density at radius 2 is 2.06 bits per heavy atom. The zero-order chi connectivity index (χ0) is 21.8. The molecule has 2 aromatic carbocycles. The van der Waals surface area contributed by atoms with E-state index < -0.39 is 22.1 Å². The summed E-state index contributed by atoms with van der Waals surface area (Å²) in [5, 5.41) is 6.15. The van der Waals surface area contributed by atoms with E-state index in [1.54, 1.807) is 43.4 Å². The van der Waals surface area contributed by atoms with Crippen LogP contribution in [0.5, 0.6) is 5.75 Å². The first-order valence-electron chi connectivity index (χ1n) is 9.94. The third-order valence-corrected chi connectivity index (χ3v) is 6.57. The van der Waals surface area contributed by atoms with Crippen molar-refractivity contribution in [2.45, 2.75) is 17.7 Å². The van der Waals surface area contributed by atoms with Crippen molar-refractivity contribution in [3.05, 3.63) is 72.2 Å². The van der Waals surface area contributed by atoms with E-state index >= 15 is 0 Å². The first-order chi connectivity index (χ1) is 15.0. The SMILES string of the molecule is CNCc1cc(-c2ccccc2F)n(S(=O)(=O)c2cccc(OC3CNCCO3)c2)c1. The van der Waals surface area contributed by atoms with Crippen LogP contribution in [-0.4, -0.2) is 45.4 Å². The van der Waals surface area contributed by atoms with E-state index in [4.69, 9.17) is 9.47 Å². The normalized spacial score (nSPS) is 16.9. The molecule has 1 atom stereocenters. The molecule has 1 aromatic heterocycles. The fourth-order valence-corrected chi connectivity index (χ4v) is 4.88. The highest BCUT2D eigenvalue weighted by Gasteiger charge is 2.24. The maximum absolute atomic E-state index is 14.5. The summed E-state index contributed by atoms with van der Waals surface area (Å²) in [6, 6.07) is 14.0. The molecule has 0 aliphatic carbocycles. The highest BCUT2D eigenvalue weighted by Crippen LogP contribution is 2.30. The van der Waals surface area contributed by atoms with Crippen molar-refractivity contribution in [1.29, 1.82) is 0 Å². The van der Waals surface area contributed by atoms with Crippen LogP contribution >= 0.6 is 0 Å². The fraction of sp³-hybridized carbons (Fsp3) is 0.273. The van der Waals surface area contributed by atoms with Gasteiger partial charge in [0.05, 0.1) is 23.7 Å². The first kappa shape index (κ1) is 21.5. The van der Waals surface area contributed by atoms with Crippen molar-refractivity contribution in [2.24, 2.45) is 0 Å². The van der Waals surface area contributed by atoms with Gasteiger partial charge in [0.15, 0.2) is 0 Å². The standard InChI is InChI=1S/C22H24FN3O4S/c1-24-13-16-11-21(19-7-2-3-8-20(19)23)26(15-16)31(27,28)18-6-4-5-17(12-18)30-22-14-25-9-10-29-22/h2-8,11-12,15,22,24-25H,9-10,13-14H2,1H3. The summed E-state index contributed by atoms with van der Waals surface area (Å²) in [6.45, 7) is 2.22. The van der Waals surface area contributed by atoms with Gasteiger partial charge in [-0.3, -0.25) is 0 Å². The molecule has 9 heteroatoms. The van der Waals surface area contributed by atoms with Crippen LogP contribution in [0.25, 0.3) is 11.3 Å². The third kappa shape index (κ3) is 4.64. The molecule has 0 spiro atoms. The van der Waals surface area contributed by atoms with Crippen LogP contribution in [0.15, 0.2) is 65.7 Å². The second kappa shape index (κ2) is 9.19. The Morgan fingerprint density at radius 3 is 2.81 bits per heavy atom. The third-order valence-electron chi connectivity index (χ3n) is 4.90. The van der Waals surface area contributed by atoms with Gasteiger partial charge in [-0.05, 0) is 42.9 Å². The minimum absolute atomic E-state index is 0.0398. The van der Waals surface area contributed by atoms with Gasteiger partial charge in [0.25, 0.3) is 10.0 Å². The lowest BCUT2D eigenvalue weighted by Gasteiger charge is -2.24. The molecular weight excluding hydrogens is 421 g/mol. The number of ether oxygens (including phenoxy) is 2. The smallest absolute Gasteiger partial charge is 0.268 e. The summed E-state index contributed by atoms with van der Waals surface area (Å²) >= 11 is 0. The van der Waals surface area contributed by atoms with Gasteiger partial charge in [0, 0.05) is 30.9 Å². The summed E-state index contributed by atoms with van der Waals surface area (Å²) in [5.41, 5.74) is 1.19. The molecule has 1 aliphatic rings. The van der Waals surface area contributed by atoms with E-state index in [1.807, 2.05) is 0 Å². The average molecular weight is 446 g/mol. The summed E-state index contributed by atoms with van der Waals surface area (Å²) in [5.74, 6) is -0.114. The first-order valence-corrected chi connectivity index (χ1v) is 11.4. The Labute approximate surface area is 180 Å². The van der Waals surface area contributed by atoms with E-state index in [0.717, 1.165) is 16.1 Å². The number of halogens is 1. The molecule has 31 heavy (non-hydrogen) atoms. The Bertz CT molecular complexity index is 1160. The highest BCUT2D eigenvalue weighted by atomic mass is 32.2. The van der Waals surface area contributed by atoms with Crippen molar-refractivity contribution < 1.29 is 22.3 Å². The van der Waals surface area contributed by atoms with Gasteiger partial charge in [0.1, 0.15) is 11.6 Å². The molecule has 4 rings (SSSR count). The minimum Gasteiger partial charge on any atom is -0.464 e. The molecule has 2 heterocycles. The Hall–Kier alpha value is -2.72. The van der Waals surface area contributed by atoms with E-state index in [9.17, 15) is 12.8 Å². The van der Waals surface area contributed by atoms with Gasteiger partial charge in [-0.1, -0.05) is 18.2 Å². The largest absolute Gasteiger partial charge is 0.464 e. The molecule has 0 bridgehead atoms. The molecule has 0 amide bonds. The molecule has 3 aromatic rings. The number of nitrogens with zero attached hydrogens (tertiary/aromatic N) is 1. The average Bonchev–Trinajstić information content (AvgIpc) is 3.20. The summed E-state index contributed by atoms with van der Waals surface area (Å²) in [4.78, 5) is 0.0398. The molecule has 7 nitrogen and oxygen atoms in total. The van der Waals surface area contributed by atoms with Gasteiger partial charge < -0.3 is 20.1 Å². The van der Waals surface area contributed by atoms with Crippen LogP contribution in [0, 0.1) is 5.82 Å². The number of benzene rings is 2.